The molecule has 0 saturated carbocycles. The van der Waals surface area contributed by atoms with Gasteiger partial charge < -0.3 is 10.4 Å². The molecule has 1 amide bonds. The normalized spacial score (nSPS) is 20.0. The summed E-state index contributed by atoms with van der Waals surface area (Å²) in [5.41, 5.74) is 0.834. The lowest BCUT2D eigenvalue weighted by atomic mass is 9.98. The second-order valence-electron chi connectivity index (χ2n) is 6.16. The molecule has 2 aromatic rings. The van der Waals surface area contributed by atoms with E-state index in [2.05, 4.69) is 14.1 Å². The summed E-state index contributed by atoms with van der Waals surface area (Å²) in [6.45, 7) is 1.68. The van der Waals surface area contributed by atoms with Gasteiger partial charge in [0.1, 0.15) is 22.0 Å². The Balaban J connectivity index is 1.81. The molecule has 26 heavy (non-hydrogen) atoms. The first kappa shape index (κ1) is 18.7. The second-order valence-corrected chi connectivity index (χ2v) is 8.59. The van der Waals surface area contributed by atoms with E-state index in [1.165, 1.54) is 17.3 Å². The van der Waals surface area contributed by atoms with Crippen molar-refractivity contribution in [3.05, 3.63) is 18.2 Å². The Morgan fingerprint density at radius 3 is 2.88 bits per heavy atom. The number of hydrogen-bond acceptors (Lipinski definition) is 7. The average molecular weight is 398 g/mol. The fraction of sp³-hybridized carbons (Fsp3) is 0.467. The van der Waals surface area contributed by atoms with Crippen molar-refractivity contribution < 1.29 is 23.1 Å². The van der Waals surface area contributed by atoms with E-state index in [0.717, 1.165) is 11.7 Å². The summed E-state index contributed by atoms with van der Waals surface area (Å²) in [6.07, 6.45) is 1.02. The highest BCUT2D eigenvalue weighted by Gasteiger charge is 2.35. The van der Waals surface area contributed by atoms with E-state index in [-0.39, 0.29) is 11.4 Å². The molecule has 3 rings (SSSR count). The van der Waals surface area contributed by atoms with E-state index in [0.29, 0.717) is 30.4 Å². The van der Waals surface area contributed by atoms with Gasteiger partial charge in [0.25, 0.3) is 0 Å². The van der Waals surface area contributed by atoms with Crippen molar-refractivity contribution in [1.82, 2.24) is 18.4 Å². The van der Waals surface area contributed by atoms with Crippen molar-refractivity contribution in [3.8, 4) is 0 Å². The molecule has 2 atom stereocenters. The first-order valence-corrected chi connectivity index (χ1v) is 10.2. The van der Waals surface area contributed by atoms with Gasteiger partial charge in [-0.05, 0) is 31.9 Å². The zero-order chi connectivity index (χ0) is 18.9. The van der Waals surface area contributed by atoms with Gasteiger partial charge in [0.05, 0.1) is 17.6 Å². The summed E-state index contributed by atoms with van der Waals surface area (Å²) < 4.78 is 35.5. The number of rotatable bonds is 5. The van der Waals surface area contributed by atoms with Gasteiger partial charge in [0, 0.05) is 13.1 Å². The largest absolute Gasteiger partial charge is 0.480 e. The van der Waals surface area contributed by atoms with E-state index in [1.807, 2.05) is 0 Å². The van der Waals surface area contributed by atoms with E-state index in [4.69, 9.17) is 5.11 Å². The zero-order valence-electron chi connectivity index (χ0n) is 14.0. The van der Waals surface area contributed by atoms with Crippen LogP contribution in [0.25, 0.3) is 11.0 Å². The lowest BCUT2D eigenvalue weighted by Crippen LogP contribution is -2.48. The molecular weight excluding hydrogens is 380 g/mol. The van der Waals surface area contributed by atoms with Crippen molar-refractivity contribution in [3.63, 3.8) is 0 Å². The first-order chi connectivity index (χ1) is 12.3. The maximum Gasteiger partial charge on any atom is 0.325 e. The van der Waals surface area contributed by atoms with Crippen LogP contribution in [0.15, 0.2) is 23.1 Å². The van der Waals surface area contributed by atoms with Crippen LogP contribution in [-0.4, -0.2) is 57.6 Å². The Bertz CT molecular complexity index is 942. The SMILES string of the molecule is CC(NC(=O)C1CCCN(S(=O)(=O)c2cccc3nsnc23)C1)C(=O)O. The second kappa shape index (κ2) is 7.25. The van der Waals surface area contributed by atoms with E-state index >= 15 is 0 Å². The number of fused-ring (bicyclic) bond motifs is 1. The van der Waals surface area contributed by atoms with E-state index < -0.39 is 33.9 Å². The Labute approximate surface area is 154 Å². The summed E-state index contributed by atoms with van der Waals surface area (Å²) in [5, 5.41) is 11.3. The third kappa shape index (κ3) is 3.55. The summed E-state index contributed by atoms with van der Waals surface area (Å²) in [7, 11) is -3.83. The van der Waals surface area contributed by atoms with Crippen LogP contribution in [0, 0.1) is 5.92 Å². The molecule has 9 nitrogen and oxygen atoms in total. The number of aliphatic carboxylic acids is 1. The molecule has 140 valence electrons. The highest BCUT2D eigenvalue weighted by Crippen LogP contribution is 2.28. The maximum absolute atomic E-state index is 13.0. The highest BCUT2D eigenvalue weighted by molar-refractivity contribution is 7.89. The lowest BCUT2D eigenvalue weighted by Gasteiger charge is -2.31. The molecule has 0 aliphatic carbocycles. The number of piperidine rings is 1. The fourth-order valence-electron chi connectivity index (χ4n) is 2.90. The number of carbonyl (C=O) groups is 2. The van der Waals surface area contributed by atoms with Gasteiger partial charge in [-0.25, -0.2) is 8.42 Å². The first-order valence-electron chi connectivity index (χ1n) is 8.05. The predicted molar refractivity (Wildman–Crippen MR) is 94.1 cm³/mol. The average Bonchev–Trinajstić information content (AvgIpc) is 3.10. The standard InChI is InChI=1S/C15H18N4O5S2/c1-9(15(21)22)16-14(20)10-4-3-7-19(8-10)26(23,24)12-6-2-5-11-13(12)18-25-17-11/h2,5-6,9-10H,3-4,7-8H2,1H3,(H,16,20)(H,21,22). The minimum atomic E-state index is -3.83. The van der Waals surface area contributed by atoms with Crippen molar-refractivity contribution in [2.24, 2.45) is 5.92 Å². The Morgan fingerprint density at radius 2 is 2.15 bits per heavy atom. The molecule has 1 fully saturated rings. The number of aromatic nitrogens is 2. The van der Waals surface area contributed by atoms with E-state index in [1.54, 1.807) is 12.1 Å². The summed E-state index contributed by atoms with van der Waals surface area (Å²) in [4.78, 5) is 23.2. The van der Waals surface area contributed by atoms with Gasteiger partial charge in [-0.3, -0.25) is 9.59 Å². The third-order valence-corrected chi connectivity index (χ3v) is 6.79. The minimum Gasteiger partial charge on any atom is -0.480 e. The Hall–Kier alpha value is -2.11. The van der Waals surface area contributed by atoms with Gasteiger partial charge in [0.15, 0.2) is 0 Å². The predicted octanol–water partition coefficient (Wildman–Crippen LogP) is 0.681. The summed E-state index contributed by atoms with van der Waals surface area (Å²) in [5.74, 6) is -2.18. The monoisotopic (exact) mass is 398 g/mol. The van der Waals surface area contributed by atoms with Gasteiger partial charge >= 0.3 is 5.97 Å². The molecule has 1 aromatic heterocycles. The van der Waals surface area contributed by atoms with Gasteiger partial charge in [0.2, 0.25) is 15.9 Å². The number of carboxylic acid groups (broad SMARTS) is 1. The quantitative estimate of drug-likeness (QED) is 0.757. The molecule has 1 aliphatic heterocycles. The minimum absolute atomic E-state index is 0.00839. The van der Waals surface area contributed by atoms with Crippen LogP contribution < -0.4 is 5.32 Å². The molecule has 0 bridgehead atoms. The molecule has 0 spiro atoms. The van der Waals surface area contributed by atoms with Crippen LogP contribution in [0.2, 0.25) is 0 Å². The van der Waals surface area contributed by atoms with Gasteiger partial charge in [-0.2, -0.15) is 13.1 Å². The topological polar surface area (TPSA) is 130 Å². The number of carboxylic acids is 1. The fourth-order valence-corrected chi connectivity index (χ4v) is 5.17. The third-order valence-electron chi connectivity index (χ3n) is 4.35. The van der Waals surface area contributed by atoms with Gasteiger partial charge in [-0.15, -0.1) is 0 Å². The van der Waals surface area contributed by atoms with Crippen molar-refractivity contribution in [2.45, 2.75) is 30.7 Å². The number of hydrogen-bond donors (Lipinski definition) is 2. The van der Waals surface area contributed by atoms with Crippen LogP contribution in [-0.2, 0) is 19.6 Å². The van der Waals surface area contributed by atoms with Crippen molar-refractivity contribution >= 4 is 44.7 Å². The molecule has 1 aliphatic rings. The number of nitrogens with one attached hydrogen (secondary N) is 1. The zero-order valence-corrected chi connectivity index (χ0v) is 15.6. The van der Waals surface area contributed by atoms with Crippen molar-refractivity contribution in [2.75, 3.05) is 13.1 Å². The number of sulfonamides is 1. The summed E-state index contributed by atoms with van der Waals surface area (Å²) in [6, 6.07) is 3.76. The molecule has 11 heteroatoms. The number of nitrogens with zero attached hydrogens (tertiary/aromatic N) is 3. The van der Waals surface area contributed by atoms with Crippen LogP contribution in [0.1, 0.15) is 19.8 Å². The molecule has 0 radical (unpaired) electrons. The number of amides is 1. The molecule has 2 unspecified atom stereocenters. The lowest BCUT2D eigenvalue weighted by molar-refractivity contribution is -0.142. The molecule has 1 saturated heterocycles. The molecule has 2 heterocycles. The van der Waals surface area contributed by atoms with Crippen LogP contribution in [0.4, 0.5) is 0 Å². The van der Waals surface area contributed by atoms with Crippen molar-refractivity contribution in [1.29, 1.82) is 0 Å². The van der Waals surface area contributed by atoms with Gasteiger partial charge in [-0.1, -0.05) is 6.07 Å². The van der Waals surface area contributed by atoms with Crippen LogP contribution in [0.5, 0.6) is 0 Å². The molecular formula is C15H18N4O5S2. The van der Waals surface area contributed by atoms with Crippen LogP contribution >= 0.6 is 11.7 Å². The number of carbonyl (C=O) groups excluding carboxylic acids is 1. The van der Waals surface area contributed by atoms with E-state index in [9.17, 15) is 18.0 Å². The van der Waals surface area contributed by atoms with Crippen LogP contribution in [0.3, 0.4) is 0 Å². The molecule has 1 aromatic carbocycles. The maximum atomic E-state index is 13.0. The highest BCUT2D eigenvalue weighted by atomic mass is 32.2. The smallest absolute Gasteiger partial charge is 0.325 e. The Kier molecular flexibility index (Phi) is 5.21. The summed E-state index contributed by atoms with van der Waals surface area (Å²) >= 11 is 0.942. The Morgan fingerprint density at radius 1 is 1.38 bits per heavy atom. The number of benzene rings is 1. The molecule has 2 N–H and O–H groups in total.